The molecule has 3 aromatic rings. The Bertz CT molecular complexity index is 1200. The lowest BCUT2D eigenvalue weighted by molar-refractivity contribution is 0.0998. The summed E-state index contributed by atoms with van der Waals surface area (Å²) in [5.74, 6) is -0.0920. The zero-order valence-corrected chi connectivity index (χ0v) is 18.3. The summed E-state index contributed by atoms with van der Waals surface area (Å²) in [6.45, 7) is 7.02. The molecule has 0 saturated carbocycles. The molecule has 1 amide bonds. The van der Waals surface area contributed by atoms with Gasteiger partial charge in [-0.2, -0.15) is 4.31 Å². The first kappa shape index (κ1) is 20.6. The van der Waals surface area contributed by atoms with Crippen molar-refractivity contribution in [1.29, 1.82) is 0 Å². The molecule has 0 bridgehead atoms. The van der Waals surface area contributed by atoms with Crippen LogP contribution in [-0.4, -0.2) is 31.7 Å². The monoisotopic (exact) mass is 426 g/mol. The Morgan fingerprint density at radius 2 is 1.60 bits per heavy atom. The van der Waals surface area contributed by atoms with Crippen molar-refractivity contribution >= 4 is 32.6 Å². The highest BCUT2D eigenvalue weighted by Gasteiger charge is 2.26. The molecule has 0 spiro atoms. The van der Waals surface area contributed by atoms with Crippen LogP contribution in [0.25, 0.3) is 11.0 Å². The Labute approximate surface area is 176 Å². The average molecular weight is 427 g/mol. The maximum Gasteiger partial charge on any atom is 0.291 e. The summed E-state index contributed by atoms with van der Waals surface area (Å²) in [6.07, 6.45) is 2.85. The molecule has 1 aromatic heterocycles. The van der Waals surface area contributed by atoms with Crippen molar-refractivity contribution in [2.75, 3.05) is 18.4 Å². The number of carbonyl (C=O) groups excluding carboxylic acids is 1. The highest BCUT2D eigenvalue weighted by Crippen LogP contribution is 2.29. The minimum absolute atomic E-state index is 0.244. The summed E-state index contributed by atoms with van der Waals surface area (Å²) in [5.41, 5.74) is 4.24. The molecule has 6 nitrogen and oxygen atoms in total. The first-order valence-corrected chi connectivity index (χ1v) is 11.6. The molecule has 1 N–H and O–H groups in total. The fourth-order valence-electron chi connectivity index (χ4n) is 3.85. The molecule has 1 aliphatic heterocycles. The lowest BCUT2D eigenvalue weighted by atomic mass is 10.1. The van der Waals surface area contributed by atoms with E-state index in [1.165, 1.54) is 16.4 Å². The second-order valence-corrected chi connectivity index (χ2v) is 9.87. The van der Waals surface area contributed by atoms with Crippen molar-refractivity contribution in [1.82, 2.24) is 4.31 Å². The van der Waals surface area contributed by atoms with E-state index in [4.69, 9.17) is 4.42 Å². The summed E-state index contributed by atoms with van der Waals surface area (Å²) in [7, 11) is -3.49. The van der Waals surface area contributed by atoms with E-state index in [0.717, 1.165) is 41.3 Å². The fourth-order valence-corrected chi connectivity index (χ4v) is 5.36. The largest absolute Gasteiger partial charge is 0.451 e. The highest BCUT2D eigenvalue weighted by molar-refractivity contribution is 7.89. The number of nitrogens with zero attached hydrogens (tertiary/aromatic N) is 1. The van der Waals surface area contributed by atoms with Gasteiger partial charge in [0, 0.05) is 29.7 Å². The standard InChI is InChI=1S/C23H26N2O4S/c1-15-13-20-17(3)22(29-21(20)14-16(15)2)23(26)24-18-7-9-19(10-8-18)30(27,28)25-11-5-4-6-12-25/h7-10,13-14H,4-6,11-12H2,1-3H3,(H,24,26). The molecule has 2 aromatic carbocycles. The molecule has 4 rings (SSSR count). The van der Waals surface area contributed by atoms with Crippen LogP contribution in [0, 0.1) is 20.8 Å². The number of aryl methyl sites for hydroxylation is 3. The minimum atomic E-state index is -3.49. The van der Waals surface area contributed by atoms with E-state index in [1.54, 1.807) is 12.1 Å². The van der Waals surface area contributed by atoms with Crippen LogP contribution in [0.2, 0.25) is 0 Å². The van der Waals surface area contributed by atoms with E-state index in [9.17, 15) is 13.2 Å². The molecule has 1 aliphatic rings. The maximum absolute atomic E-state index is 12.8. The SMILES string of the molecule is Cc1cc2oc(C(=O)Nc3ccc(S(=O)(=O)N4CCCCC4)cc3)c(C)c2cc1C. The smallest absolute Gasteiger partial charge is 0.291 e. The molecule has 30 heavy (non-hydrogen) atoms. The zero-order valence-electron chi connectivity index (χ0n) is 17.5. The molecule has 7 heteroatoms. The summed E-state index contributed by atoms with van der Waals surface area (Å²) < 4.78 is 32.9. The molecular weight excluding hydrogens is 400 g/mol. The van der Waals surface area contributed by atoms with Gasteiger partial charge >= 0.3 is 0 Å². The number of rotatable bonds is 4. The van der Waals surface area contributed by atoms with Crippen molar-refractivity contribution in [2.45, 2.75) is 44.9 Å². The van der Waals surface area contributed by atoms with Crippen LogP contribution < -0.4 is 5.32 Å². The van der Waals surface area contributed by atoms with E-state index < -0.39 is 10.0 Å². The lowest BCUT2D eigenvalue weighted by Gasteiger charge is -2.25. The Morgan fingerprint density at radius 1 is 0.967 bits per heavy atom. The number of benzene rings is 2. The fraction of sp³-hybridized carbons (Fsp3) is 0.348. The van der Waals surface area contributed by atoms with Gasteiger partial charge in [0.2, 0.25) is 10.0 Å². The summed E-state index contributed by atoms with van der Waals surface area (Å²) >= 11 is 0. The second-order valence-electron chi connectivity index (χ2n) is 7.93. The number of hydrogen-bond acceptors (Lipinski definition) is 4. The summed E-state index contributed by atoms with van der Waals surface area (Å²) in [6, 6.07) is 10.3. The molecule has 0 aliphatic carbocycles. The zero-order chi connectivity index (χ0) is 21.5. The van der Waals surface area contributed by atoms with E-state index in [2.05, 4.69) is 5.32 Å². The van der Waals surface area contributed by atoms with Crippen molar-refractivity contribution in [3.05, 3.63) is 58.8 Å². The highest BCUT2D eigenvalue weighted by atomic mass is 32.2. The second kappa shape index (κ2) is 7.89. The number of hydrogen-bond donors (Lipinski definition) is 1. The molecule has 0 unspecified atom stereocenters. The number of piperidine rings is 1. The van der Waals surface area contributed by atoms with Crippen LogP contribution in [-0.2, 0) is 10.0 Å². The van der Waals surface area contributed by atoms with Gasteiger partial charge < -0.3 is 9.73 Å². The quantitative estimate of drug-likeness (QED) is 0.651. The third-order valence-electron chi connectivity index (χ3n) is 5.82. The molecule has 1 fully saturated rings. The van der Waals surface area contributed by atoms with E-state index in [1.807, 2.05) is 32.9 Å². The van der Waals surface area contributed by atoms with Crippen molar-refractivity contribution in [3.63, 3.8) is 0 Å². The first-order valence-electron chi connectivity index (χ1n) is 10.2. The molecule has 0 atom stereocenters. The number of amides is 1. The predicted octanol–water partition coefficient (Wildman–Crippen LogP) is 4.78. The Kier molecular flexibility index (Phi) is 5.42. The van der Waals surface area contributed by atoms with Crippen molar-refractivity contribution < 1.29 is 17.6 Å². The van der Waals surface area contributed by atoms with E-state index in [-0.39, 0.29) is 16.6 Å². The maximum atomic E-state index is 12.8. The third kappa shape index (κ3) is 3.75. The van der Waals surface area contributed by atoms with Gasteiger partial charge in [-0.3, -0.25) is 4.79 Å². The number of carbonyl (C=O) groups is 1. The summed E-state index contributed by atoms with van der Waals surface area (Å²) in [5, 5.41) is 3.73. The number of furan rings is 1. The van der Waals surface area contributed by atoms with Gasteiger partial charge in [-0.1, -0.05) is 6.42 Å². The van der Waals surface area contributed by atoms with Gasteiger partial charge in [-0.05, 0) is 81.1 Å². The molecule has 0 radical (unpaired) electrons. The van der Waals surface area contributed by atoms with E-state index in [0.29, 0.717) is 24.4 Å². The normalized spacial score (nSPS) is 15.4. The average Bonchev–Trinajstić information content (AvgIpc) is 3.05. The molecule has 158 valence electrons. The first-order chi connectivity index (χ1) is 14.3. The summed E-state index contributed by atoms with van der Waals surface area (Å²) in [4.78, 5) is 13.0. The van der Waals surface area contributed by atoms with Gasteiger partial charge in [-0.25, -0.2) is 8.42 Å². The molecular formula is C23H26N2O4S. The number of fused-ring (bicyclic) bond motifs is 1. The minimum Gasteiger partial charge on any atom is -0.451 e. The Balaban J connectivity index is 1.54. The number of sulfonamides is 1. The van der Waals surface area contributed by atoms with Gasteiger partial charge in [0.05, 0.1) is 4.90 Å². The van der Waals surface area contributed by atoms with E-state index >= 15 is 0 Å². The number of anilines is 1. The topological polar surface area (TPSA) is 79.6 Å². The number of nitrogens with one attached hydrogen (secondary N) is 1. The lowest BCUT2D eigenvalue weighted by Crippen LogP contribution is -2.35. The van der Waals surface area contributed by atoms with Crippen molar-refractivity contribution in [3.8, 4) is 0 Å². The van der Waals surface area contributed by atoms with Crippen LogP contribution in [0.3, 0.4) is 0 Å². The Morgan fingerprint density at radius 3 is 2.27 bits per heavy atom. The molecule has 2 heterocycles. The third-order valence-corrected chi connectivity index (χ3v) is 7.74. The van der Waals surface area contributed by atoms with Crippen molar-refractivity contribution in [2.24, 2.45) is 0 Å². The van der Waals surface area contributed by atoms with Crippen LogP contribution in [0.4, 0.5) is 5.69 Å². The van der Waals surface area contributed by atoms with Gasteiger partial charge in [-0.15, -0.1) is 0 Å². The van der Waals surface area contributed by atoms with Crippen LogP contribution in [0.5, 0.6) is 0 Å². The van der Waals surface area contributed by atoms with Gasteiger partial charge in [0.25, 0.3) is 5.91 Å². The van der Waals surface area contributed by atoms with Crippen LogP contribution in [0.1, 0.15) is 46.5 Å². The molecule has 1 saturated heterocycles. The van der Waals surface area contributed by atoms with Crippen LogP contribution >= 0.6 is 0 Å². The van der Waals surface area contributed by atoms with Gasteiger partial charge in [0.1, 0.15) is 5.58 Å². The Hall–Kier alpha value is -2.64. The predicted molar refractivity (Wildman–Crippen MR) is 117 cm³/mol. The van der Waals surface area contributed by atoms with Gasteiger partial charge in [0.15, 0.2) is 5.76 Å². The van der Waals surface area contributed by atoms with Crippen LogP contribution in [0.15, 0.2) is 45.7 Å².